The number of carbonyl (C=O) groups is 1. The number of hydrogen-bond acceptors (Lipinski definition) is 7. The van der Waals surface area contributed by atoms with Crippen molar-refractivity contribution in [2.45, 2.75) is 31.7 Å². The van der Waals surface area contributed by atoms with E-state index in [2.05, 4.69) is 13.2 Å². The Morgan fingerprint density at radius 3 is 1.81 bits per heavy atom. The predicted molar refractivity (Wildman–Crippen MR) is 137 cm³/mol. The molecule has 5 rings (SSSR count). The largest absolute Gasteiger partial charge is 0.498 e. The molecule has 0 saturated heterocycles. The molecule has 190 valence electrons. The SMILES string of the molecule is C=C(OC)C(C)Oc1ccc2c(c1)Oc1cc(OC(C)C(=C)OC)ccc1C21OC(=O)c2ccccc21. The first-order valence-corrected chi connectivity index (χ1v) is 11.9. The Kier molecular flexibility index (Phi) is 6.07. The number of rotatable bonds is 8. The van der Waals surface area contributed by atoms with Crippen LogP contribution in [-0.2, 0) is 19.8 Å². The average molecular weight is 501 g/mol. The van der Waals surface area contributed by atoms with Crippen molar-refractivity contribution in [3.8, 4) is 23.0 Å². The summed E-state index contributed by atoms with van der Waals surface area (Å²) >= 11 is 0. The molecule has 2 aliphatic rings. The molecule has 7 nitrogen and oxygen atoms in total. The van der Waals surface area contributed by atoms with Gasteiger partial charge in [-0.25, -0.2) is 4.79 Å². The van der Waals surface area contributed by atoms with Gasteiger partial charge in [-0.2, -0.15) is 0 Å². The van der Waals surface area contributed by atoms with Crippen LogP contribution >= 0.6 is 0 Å². The van der Waals surface area contributed by atoms with Crippen LogP contribution < -0.4 is 14.2 Å². The third kappa shape index (κ3) is 3.96. The molecule has 7 heteroatoms. The summed E-state index contributed by atoms with van der Waals surface area (Å²) < 4.78 is 35.0. The van der Waals surface area contributed by atoms with Crippen LogP contribution in [0.1, 0.15) is 40.9 Å². The summed E-state index contributed by atoms with van der Waals surface area (Å²) in [6, 6.07) is 18.3. The number of hydrogen-bond donors (Lipinski definition) is 0. The highest BCUT2D eigenvalue weighted by atomic mass is 16.6. The van der Waals surface area contributed by atoms with Gasteiger partial charge in [-0.05, 0) is 44.2 Å². The fourth-order valence-corrected chi connectivity index (χ4v) is 4.65. The van der Waals surface area contributed by atoms with Crippen LogP contribution in [0.5, 0.6) is 23.0 Å². The van der Waals surface area contributed by atoms with Gasteiger partial charge in [-0.15, -0.1) is 0 Å². The number of benzene rings is 3. The van der Waals surface area contributed by atoms with E-state index in [-0.39, 0.29) is 12.2 Å². The minimum absolute atomic E-state index is 0.381. The van der Waals surface area contributed by atoms with Gasteiger partial charge in [0.2, 0.25) is 0 Å². The molecule has 1 spiro atoms. The van der Waals surface area contributed by atoms with Gasteiger partial charge >= 0.3 is 5.97 Å². The average Bonchev–Trinajstić information content (AvgIpc) is 3.20. The van der Waals surface area contributed by atoms with Gasteiger partial charge in [0.15, 0.2) is 17.8 Å². The smallest absolute Gasteiger partial charge is 0.340 e. The summed E-state index contributed by atoms with van der Waals surface area (Å²) in [6.07, 6.45) is -0.762. The van der Waals surface area contributed by atoms with Gasteiger partial charge in [-0.3, -0.25) is 0 Å². The fourth-order valence-electron chi connectivity index (χ4n) is 4.65. The summed E-state index contributed by atoms with van der Waals surface area (Å²) in [7, 11) is 3.10. The zero-order valence-corrected chi connectivity index (χ0v) is 21.2. The number of esters is 1. The van der Waals surface area contributed by atoms with Gasteiger partial charge in [0.25, 0.3) is 0 Å². The van der Waals surface area contributed by atoms with Crippen molar-refractivity contribution in [1.82, 2.24) is 0 Å². The zero-order chi connectivity index (χ0) is 26.3. The Labute approximate surface area is 215 Å². The topological polar surface area (TPSA) is 72.5 Å². The van der Waals surface area contributed by atoms with E-state index in [0.29, 0.717) is 51.2 Å². The molecule has 0 bridgehead atoms. The maximum absolute atomic E-state index is 13.0. The van der Waals surface area contributed by atoms with Crippen molar-refractivity contribution >= 4 is 5.97 Å². The second kappa shape index (κ2) is 9.24. The molecule has 2 heterocycles. The maximum Gasteiger partial charge on any atom is 0.340 e. The molecule has 3 aromatic rings. The van der Waals surface area contributed by atoms with Crippen LogP contribution in [0.15, 0.2) is 85.3 Å². The summed E-state index contributed by atoms with van der Waals surface area (Å²) in [5.41, 5.74) is 1.46. The Balaban J connectivity index is 1.63. The lowest BCUT2D eigenvalue weighted by molar-refractivity contribution is 0.0223. The Bertz CT molecular complexity index is 1330. The molecular formula is C30H28O7. The molecule has 2 unspecified atom stereocenters. The molecule has 0 saturated carbocycles. The van der Waals surface area contributed by atoms with E-state index < -0.39 is 11.6 Å². The highest BCUT2D eigenvalue weighted by Crippen LogP contribution is 2.57. The van der Waals surface area contributed by atoms with Crippen molar-refractivity contribution in [2.75, 3.05) is 14.2 Å². The molecule has 0 amide bonds. The molecule has 3 aromatic carbocycles. The quantitative estimate of drug-likeness (QED) is 0.273. The minimum Gasteiger partial charge on any atom is -0.498 e. The third-order valence-electron chi connectivity index (χ3n) is 6.71. The zero-order valence-electron chi connectivity index (χ0n) is 21.2. The first-order valence-electron chi connectivity index (χ1n) is 11.9. The van der Waals surface area contributed by atoms with Crippen molar-refractivity contribution < 1.29 is 33.2 Å². The summed E-state index contributed by atoms with van der Waals surface area (Å²) in [5, 5.41) is 0. The number of methoxy groups -OCH3 is 2. The minimum atomic E-state index is -1.18. The number of fused-ring (bicyclic) bond motifs is 6. The Morgan fingerprint density at radius 2 is 1.30 bits per heavy atom. The second-order valence-corrected chi connectivity index (χ2v) is 8.90. The highest BCUT2D eigenvalue weighted by molar-refractivity contribution is 5.97. The number of ether oxygens (including phenoxy) is 6. The Morgan fingerprint density at radius 1 is 0.784 bits per heavy atom. The molecular weight excluding hydrogens is 472 g/mol. The molecule has 0 radical (unpaired) electrons. The molecule has 0 aliphatic carbocycles. The first-order chi connectivity index (χ1) is 17.8. The van der Waals surface area contributed by atoms with Crippen molar-refractivity contribution in [2.24, 2.45) is 0 Å². The van der Waals surface area contributed by atoms with Gasteiger partial charge in [0.1, 0.15) is 34.5 Å². The van der Waals surface area contributed by atoms with Gasteiger partial charge < -0.3 is 28.4 Å². The van der Waals surface area contributed by atoms with E-state index in [9.17, 15) is 4.79 Å². The predicted octanol–water partition coefficient (Wildman–Crippen LogP) is 6.11. The van der Waals surface area contributed by atoms with Crippen LogP contribution in [0.25, 0.3) is 0 Å². The molecule has 2 atom stereocenters. The van der Waals surface area contributed by atoms with Gasteiger partial charge in [0, 0.05) is 28.8 Å². The van der Waals surface area contributed by atoms with Crippen molar-refractivity contribution in [3.05, 3.63) is 108 Å². The molecule has 0 N–H and O–H groups in total. The molecule has 2 aliphatic heterocycles. The van der Waals surface area contributed by atoms with Crippen LogP contribution in [-0.4, -0.2) is 32.4 Å². The van der Waals surface area contributed by atoms with E-state index in [1.165, 1.54) is 0 Å². The van der Waals surface area contributed by atoms with E-state index in [0.717, 1.165) is 5.56 Å². The van der Waals surface area contributed by atoms with Crippen LogP contribution in [0.4, 0.5) is 0 Å². The molecule has 0 aromatic heterocycles. The standard InChI is InChI=1S/C30H28O7/c1-17(32-5)19(3)34-21-11-13-25-27(15-21)36-28-16-22(35-20(4)18(2)33-6)12-14-26(28)30(25)24-10-8-7-9-23(24)29(31)37-30/h7-16,19-20H,1-2H2,3-6H3. The highest BCUT2D eigenvalue weighted by Gasteiger charge is 2.53. The van der Waals surface area contributed by atoms with Crippen LogP contribution in [0, 0.1) is 0 Å². The summed E-state index contributed by atoms with van der Waals surface area (Å²) in [4.78, 5) is 13.0. The monoisotopic (exact) mass is 500 g/mol. The maximum atomic E-state index is 13.0. The summed E-state index contributed by atoms with van der Waals surface area (Å²) in [6.45, 7) is 11.4. The fraction of sp³-hybridized carbons (Fsp3) is 0.233. The lowest BCUT2D eigenvalue weighted by Crippen LogP contribution is -2.33. The van der Waals surface area contributed by atoms with Crippen molar-refractivity contribution in [3.63, 3.8) is 0 Å². The van der Waals surface area contributed by atoms with E-state index in [1.54, 1.807) is 32.4 Å². The van der Waals surface area contributed by atoms with E-state index in [1.807, 2.05) is 56.3 Å². The third-order valence-corrected chi connectivity index (χ3v) is 6.71. The Hall–Kier alpha value is -4.39. The van der Waals surface area contributed by atoms with Gasteiger partial charge in [-0.1, -0.05) is 31.4 Å². The lowest BCUT2D eigenvalue weighted by atomic mass is 9.77. The first kappa shape index (κ1) is 24.3. The summed E-state index contributed by atoms with van der Waals surface area (Å²) in [5.74, 6) is 2.69. The van der Waals surface area contributed by atoms with E-state index in [4.69, 9.17) is 28.4 Å². The van der Waals surface area contributed by atoms with E-state index >= 15 is 0 Å². The second-order valence-electron chi connectivity index (χ2n) is 8.90. The normalized spacial score (nSPS) is 18.3. The molecule has 0 fully saturated rings. The molecule has 37 heavy (non-hydrogen) atoms. The van der Waals surface area contributed by atoms with Gasteiger partial charge in [0.05, 0.1) is 19.8 Å². The van der Waals surface area contributed by atoms with Crippen molar-refractivity contribution in [1.29, 1.82) is 0 Å². The number of carbonyl (C=O) groups excluding carboxylic acids is 1. The van der Waals surface area contributed by atoms with Crippen LogP contribution in [0.3, 0.4) is 0 Å². The lowest BCUT2D eigenvalue weighted by Gasteiger charge is -2.37. The van der Waals surface area contributed by atoms with Crippen LogP contribution in [0.2, 0.25) is 0 Å².